The molecule has 3 aromatic heterocycles. The number of nitrogens with zero attached hydrogens (tertiary/aromatic N) is 2. The van der Waals surface area contributed by atoms with Gasteiger partial charge in [0.15, 0.2) is 10.9 Å². The molecule has 0 saturated carbocycles. The molecule has 0 saturated heterocycles. The molecule has 0 atom stereocenters. The van der Waals surface area contributed by atoms with E-state index in [0.717, 1.165) is 17.4 Å². The van der Waals surface area contributed by atoms with Crippen LogP contribution >= 0.6 is 11.3 Å². The average Bonchev–Trinajstić information content (AvgIpc) is 3.28. The zero-order chi connectivity index (χ0) is 21.3. The maximum Gasteiger partial charge on any atom is 0.573 e. The van der Waals surface area contributed by atoms with Gasteiger partial charge in [-0.05, 0) is 30.3 Å². The molecule has 0 radical (unpaired) electrons. The van der Waals surface area contributed by atoms with E-state index in [1.165, 1.54) is 28.8 Å². The maximum absolute atomic E-state index is 12.4. The number of aromatic nitrogens is 2. The number of amides is 1. The second-order valence-corrected chi connectivity index (χ2v) is 7.11. The van der Waals surface area contributed by atoms with E-state index in [-0.39, 0.29) is 28.7 Å². The number of halogens is 3. The highest BCUT2D eigenvalue weighted by atomic mass is 32.1. The number of anilines is 1. The minimum absolute atomic E-state index is 0.00864. The van der Waals surface area contributed by atoms with Crippen LogP contribution in [-0.2, 0) is 6.54 Å². The van der Waals surface area contributed by atoms with E-state index in [1.807, 2.05) is 0 Å². The number of ether oxygens (including phenoxy) is 1. The summed E-state index contributed by atoms with van der Waals surface area (Å²) in [7, 11) is 0. The van der Waals surface area contributed by atoms with Crippen LogP contribution in [-0.4, -0.2) is 21.8 Å². The molecule has 0 aliphatic rings. The van der Waals surface area contributed by atoms with Crippen LogP contribution in [0.5, 0.6) is 5.75 Å². The summed E-state index contributed by atoms with van der Waals surface area (Å²) in [5.74, 6) is -0.531. The maximum atomic E-state index is 12.4. The SMILES string of the molecule is O=C(Nc1nc2ccc(OC(F)(F)F)cc2s1)c1ccc(Cn2ccccc2=O)o1. The Kier molecular flexibility index (Phi) is 5.04. The molecule has 0 unspecified atom stereocenters. The number of alkyl halides is 3. The van der Waals surface area contributed by atoms with Gasteiger partial charge in [0.1, 0.15) is 11.5 Å². The molecule has 11 heteroatoms. The molecular weight excluding hydrogens is 423 g/mol. The fourth-order valence-electron chi connectivity index (χ4n) is 2.66. The third-order valence-electron chi connectivity index (χ3n) is 3.92. The van der Waals surface area contributed by atoms with Crippen molar-refractivity contribution in [2.24, 2.45) is 0 Å². The molecule has 0 aliphatic carbocycles. The van der Waals surface area contributed by atoms with E-state index in [2.05, 4.69) is 15.0 Å². The monoisotopic (exact) mass is 435 g/mol. The van der Waals surface area contributed by atoms with Crippen molar-refractivity contribution in [3.63, 3.8) is 0 Å². The van der Waals surface area contributed by atoms with Crippen LogP contribution in [0.25, 0.3) is 10.2 Å². The first-order valence-electron chi connectivity index (χ1n) is 8.49. The van der Waals surface area contributed by atoms with Crippen LogP contribution < -0.4 is 15.6 Å². The summed E-state index contributed by atoms with van der Waals surface area (Å²) in [6.45, 7) is 0.163. The Balaban J connectivity index is 1.47. The van der Waals surface area contributed by atoms with Gasteiger partial charge >= 0.3 is 6.36 Å². The quantitative estimate of drug-likeness (QED) is 0.507. The number of hydrogen-bond acceptors (Lipinski definition) is 6. The third kappa shape index (κ3) is 4.51. The Bertz CT molecular complexity index is 1280. The van der Waals surface area contributed by atoms with Gasteiger partial charge in [0.05, 0.1) is 16.8 Å². The molecule has 0 aliphatic heterocycles. The highest BCUT2D eigenvalue weighted by Crippen LogP contribution is 2.31. The third-order valence-corrected chi connectivity index (χ3v) is 4.86. The summed E-state index contributed by atoms with van der Waals surface area (Å²) in [5.41, 5.74) is 0.205. The number of carbonyl (C=O) groups is 1. The average molecular weight is 435 g/mol. The Morgan fingerprint density at radius 3 is 2.80 bits per heavy atom. The van der Waals surface area contributed by atoms with E-state index in [1.54, 1.807) is 24.4 Å². The second kappa shape index (κ2) is 7.67. The lowest BCUT2D eigenvalue weighted by Crippen LogP contribution is -2.18. The molecule has 154 valence electrons. The molecule has 0 bridgehead atoms. The van der Waals surface area contributed by atoms with Crippen molar-refractivity contribution in [2.75, 3.05) is 5.32 Å². The lowest BCUT2D eigenvalue weighted by Gasteiger charge is -2.07. The largest absolute Gasteiger partial charge is 0.573 e. The molecule has 1 N–H and O–H groups in total. The Labute approximate surface area is 170 Å². The minimum atomic E-state index is -4.79. The molecule has 1 amide bonds. The summed E-state index contributed by atoms with van der Waals surface area (Å²) in [6.07, 6.45) is -3.19. The fourth-order valence-corrected chi connectivity index (χ4v) is 3.55. The number of thiazole rings is 1. The zero-order valence-electron chi connectivity index (χ0n) is 15.0. The van der Waals surface area contributed by atoms with Gasteiger partial charge in [0.25, 0.3) is 11.5 Å². The smallest absolute Gasteiger partial charge is 0.454 e. The molecule has 30 heavy (non-hydrogen) atoms. The van der Waals surface area contributed by atoms with Crippen molar-refractivity contribution in [1.82, 2.24) is 9.55 Å². The van der Waals surface area contributed by atoms with Crippen molar-refractivity contribution < 1.29 is 27.1 Å². The van der Waals surface area contributed by atoms with Crippen LogP contribution in [0.3, 0.4) is 0 Å². The molecule has 7 nitrogen and oxygen atoms in total. The summed E-state index contributed by atoms with van der Waals surface area (Å²) >= 11 is 0.994. The Morgan fingerprint density at radius 1 is 1.20 bits per heavy atom. The predicted octanol–water partition coefficient (Wildman–Crippen LogP) is 4.25. The predicted molar refractivity (Wildman–Crippen MR) is 103 cm³/mol. The molecule has 1 aromatic carbocycles. The second-order valence-electron chi connectivity index (χ2n) is 6.08. The topological polar surface area (TPSA) is 86.4 Å². The Morgan fingerprint density at radius 2 is 2.03 bits per heavy atom. The van der Waals surface area contributed by atoms with E-state index < -0.39 is 12.3 Å². The molecular formula is C19H12F3N3O4S. The number of furan rings is 1. The van der Waals surface area contributed by atoms with E-state index >= 15 is 0 Å². The number of nitrogens with one attached hydrogen (secondary N) is 1. The van der Waals surface area contributed by atoms with Gasteiger partial charge in [-0.2, -0.15) is 0 Å². The number of pyridine rings is 1. The molecule has 4 rings (SSSR count). The molecule has 4 aromatic rings. The first-order chi connectivity index (χ1) is 14.3. The van der Waals surface area contributed by atoms with Crippen LogP contribution in [0, 0.1) is 0 Å². The normalized spacial score (nSPS) is 11.6. The van der Waals surface area contributed by atoms with Crippen molar-refractivity contribution >= 4 is 32.6 Å². The molecule has 3 heterocycles. The van der Waals surface area contributed by atoms with Gasteiger partial charge in [-0.15, -0.1) is 13.2 Å². The molecule has 0 fully saturated rings. The number of fused-ring (bicyclic) bond motifs is 1. The number of benzene rings is 1. The Hall–Kier alpha value is -3.60. The summed E-state index contributed by atoms with van der Waals surface area (Å²) in [4.78, 5) is 28.3. The number of carbonyl (C=O) groups excluding carboxylic acids is 1. The zero-order valence-corrected chi connectivity index (χ0v) is 15.8. The van der Waals surface area contributed by atoms with Crippen molar-refractivity contribution in [3.05, 3.63) is 76.6 Å². The number of hydrogen-bond donors (Lipinski definition) is 1. The lowest BCUT2D eigenvalue weighted by atomic mass is 10.3. The van der Waals surface area contributed by atoms with E-state index in [4.69, 9.17) is 4.42 Å². The van der Waals surface area contributed by atoms with Crippen LogP contribution in [0.2, 0.25) is 0 Å². The molecule has 0 spiro atoms. The summed E-state index contributed by atoms with van der Waals surface area (Å²) < 4.78 is 48.2. The minimum Gasteiger partial charge on any atom is -0.454 e. The number of rotatable bonds is 5. The summed E-state index contributed by atoms with van der Waals surface area (Å²) in [5, 5.41) is 2.74. The van der Waals surface area contributed by atoms with Crippen molar-refractivity contribution in [2.45, 2.75) is 12.9 Å². The van der Waals surface area contributed by atoms with Gasteiger partial charge in [0, 0.05) is 18.3 Å². The van der Waals surface area contributed by atoms with E-state index in [0.29, 0.717) is 16.0 Å². The summed E-state index contributed by atoms with van der Waals surface area (Å²) in [6, 6.07) is 11.5. The first-order valence-corrected chi connectivity index (χ1v) is 9.30. The van der Waals surface area contributed by atoms with Gasteiger partial charge in [-0.25, -0.2) is 4.98 Å². The lowest BCUT2D eigenvalue weighted by molar-refractivity contribution is -0.274. The highest BCUT2D eigenvalue weighted by Gasteiger charge is 2.31. The van der Waals surface area contributed by atoms with E-state index in [9.17, 15) is 22.8 Å². The van der Waals surface area contributed by atoms with Crippen LogP contribution in [0.15, 0.2) is 63.9 Å². The van der Waals surface area contributed by atoms with Gasteiger partial charge in [-0.3, -0.25) is 14.9 Å². The fraction of sp³-hybridized carbons (Fsp3) is 0.105. The van der Waals surface area contributed by atoms with Crippen molar-refractivity contribution in [1.29, 1.82) is 0 Å². The van der Waals surface area contributed by atoms with Crippen LogP contribution in [0.1, 0.15) is 16.3 Å². The first kappa shape index (κ1) is 19.7. The van der Waals surface area contributed by atoms with Gasteiger partial charge in [0.2, 0.25) is 0 Å². The van der Waals surface area contributed by atoms with Crippen LogP contribution in [0.4, 0.5) is 18.3 Å². The van der Waals surface area contributed by atoms with Gasteiger partial charge < -0.3 is 13.7 Å². The highest BCUT2D eigenvalue weighted by molar-refractivity contribution is 7.22. The van der Waals surface area contributed by atoms with Crippen molar-refractivity contribution in [3.8, 4) is 5.75 Å². The standard InChI is InChI=1S/C19H12F3N3O4S/c20-19(21,22)29-11-4-6-13-15(9-11)30-18(23-13)24-17(27)14-7-5-12(28-14)10-25-8-2-1-3-16(25)26/h1-9H,10H2,(H,23,24,27). The van der Waals surface area contributed by atoms with Gasteiger partial charge in [-0.1, -0.05) is 17.4 Å².